The molecule has 0 unspecified atom stereocenters. The van der Waals surface area contributed by atoms with E-state index in [9.17, 15) is 9.59 Å². The van der Waals surface area contributed by atoms with Crippen LogP contribution in [0.25, 0.3) is 0 Å². The molecule has 0 fully saturated rings. The fourth-order valence-electron chi connectivity index (χ4n) is 1.95. The number of carbonyl (C=O) groups is 2. The highest BCUT2D eigenvalue weighted by Gasteiger charge is 2.11. The predicted octanol–water partition coefficient (Wildman–Crippen LogP) is 1.94. The minimum Gasteiger partial charge on any atom is -0.351 e. The highest BCUT2D eigenvalue weighted by atomic mass is 16.2. The Morgan fingerprint density at radius 2 is 1.83 bits per heavy atom. The zero-order valence-corrected chi connectivity index (χ0v) is 13.1. The van der Waals surface area contributed by atoms with Crippen LogP contribution >= 0.6 is 0 Å². The maximum Gasteiger partial charge on any atom is 0.269 e. The smallest absolute Gasteiger partial charge is 0.269 e. The van der Waals surface area contributed by atoms with Crippen molar-refractivity contribution in [2.45, 2.75) is 26.3 Å². The summed E-state index contributed by atoms with van der Waals surface area (Å²) in [5.41, 5.74) is 1.62. The van der Waals surface area contributed by atoms with Crippen LogP contribution in [0.1, 0.15) is 46.2 Å². The van der Waals surface area contributed by atoms with E-state index in [4.69, 9.17) is 0 Å². The van der Waals surface area contributed by atoms with Crippen LogP contribution < -0.4 is 10.6 Å². The van der Waals surface area contributed by atoms with Crippen molar-refractivity contribution < 1.29 is 9.59 Å². The Hall–Kier alpha value is -2.76. The molecule has 0 spiro atoms. The first-order valence-corrected chi connectivity index (χ1v) is 7.62. The largest absolute Gasteiger partial charge is 0.351 e. The molecule has 120 valence electrons. The number of carbonyl (C=O) groups excluding carboxylic acids is 2. The molecule has 0 aliphatic rings. The third kappa shape index (κ3) is 5.18. The highest BCUT2D eigenvalue weighted by Crippen LogP contribution is 2.03. The van der Waals surface area contributed by atoms with Gasteiger partial charge in [-0.15, -0.1) is 0 Å². The number of nitrogens with one attached hydrogen (secondary N) is 2. The lowest BCUT2D eigenvalue weighted by atomic mass is 10.2. The van der Waals surface area contributed by atoms with Crippen LogP contribution in [0.3, 0.4) is 0 Å². The quantitative estimate of drug-likeness (QED) is 0.765. The van der Waals surface area contributed by atoms with E-state index in [0.717, 1.165) is 18.4 Å². The lowest BCUT2D eigenvalue weighted by Crippen LogP contribution is -2.27. The molecule has 6 nitrogen and oxygen atoms in total. The Balaban J connectivity index is 1.95. The highest BCUT2D eigenvalue weighted by molar-refractivity contribution is 5.98. The van der Waals surface area contributed by atoms with Crippen molar-refractivity contribution in [2.24, 2.45) is 0 Å². The van der Waals surface area contributed by atoms with Crippen molar-refractivity contribution in [1.29, 1.82) is 0 Å². The number of pyridine rings is 2. The lowest BCUT2D eigenvalue weighted by Gasteiger charge is -2.07. The van der Waals surface area contributed by atoms with Crippen molar-refractivity contribution in [2.75, 3.05) is 6.54 Å². The molecule has 2 rings (SSSR count). The van der Waals surface area contributed by atoms with Crippen molar-refractivity contribution in [3.63, 3.8) is 0 Å². The van der Waals surface area contributed by atoms with Gasteiger partial charge in [-0.25, -0.2) is 0 Å². The Morgan fingerprint density at radius 1 is 1.04 bits per heavy atom. The Bertz CT molecular complexity index is 659. The van der Waals surface area contributed by atoms with E-state index < -0.39 is 0 Å². The van der Waals surface area contributed by atoms with Crippen LogP contribution in [-0.4, -0.2) is 28.3 Å². The molecule has 2 aromatic heterocycles. The molecule has 0 radical (unpaired) electrons. The maximum absolute atomic E-state index is 12.2. The van der Waals surface area contributed by atoms with E-state index >= 15 is 0 Å². The van der Waals surface area contributed by atoms with Gasteiger partial charge in [0.1, 0.15) is 5.69 Å². The van der Waals surface area contributed by atoms with Gasteiger partial charge in [0.25, 0.3) is 11.8 Å². The number of rotatable bonds is 7. The maximum atomic E-state index is 12.2. The summed E-state index contributed by atoms with van der Waals surface area (Å²) in [6.07, 6.45) is 6.73. The summed E-state index contributed by atoms with van der Waals surface area (Å²) in [5.74, 6) is -0.506. The standard InChI is InChI=1S/C17H20N4O2/c1-2-3-7-20-17(23)15-11-14(6-10-19-15)16(22)21-12-13-4-8-18-9-5-13/h4-6,8-11H,2-3,7,12H2,1H3,(H,20,23)(H,21,22). The molecular weight excluding hydrogens is 292 g/mol. The molecule has 0 bridgehead atoms. The summed E-state index contributed by atoms with van der Waals surface area (Å²) in [4.78, 5) is 32.1. The van der Waals surface area contributed by atoms with Gasteiger partial charge in [0, 0.05) is 37.2 Å². The molecule has 0 aliphatic carbocycles. The fourth-order valence-corrected chi connectivity index (χ4v) is 1.95. The molecule has 2 N–H and O–H groups in total. The number of aromatic nitrogens is 2. The van der Waals surface area contributed by atoms with Crippen LogP contribution in [0, 0.1) is 0 Å². The average molecular weight is 312 g/mol. The molecule has 23 heavy (non-hydrogen) atoms. The Morgan fingerprint density at radius 3 is 2.57 bits per heavy atom. The molecule has 2 heterocycles. The zero-order chi connectivity index (χ0) is 16.5. The third-order valence-electron chi connectivity index (χ3n) is 3.27. The monoisotopic (exact) mass is 312 g/mol. The topological polar surface area (TPSA) is 84.0 Å². The van der Waals surface area contributed by atoms with E-state index in [1.165, 1.54) is 12.3 Å². The number of unbranched alkanes of at least 4 members (excludes halogenated alkanes) is 1. The van der Waals surface area contributed by atoms with E-state index in [1.807, 2.05) is 12.1 Å². The number of hydrogen-bond acceptors (Lipinski definition) is 4. The van der Waals surface area contributed by atoms with E-state index in [0.29, 0.717) is 18.7 Å². The summed E-state index contributed by atoms with van der Waals surface area (Å²) in [6.45, 7) is 3.06. The molecule has 0 atom stereocenters. The van der Waals surface area contributed by atoms with Gasteiger partial charge >= 0.3 is 0 Å². The average Bonchev–Trinajstić information content (AvgIpc) is 2.61. The van der Waals surface area contributed by atoms with Crippen molar-refractivity contribution in [1.82, 2.24) is 20.6 Å². The number of amides is 2. The molecule has 0 aromatic carbocycles. The van der Waals surface area contributed by atoms with Gasteiger partial charge < -0.3 is 10.6 Å². The van der Waals surface area contributed by atoms with Gasteiger partial charge in [-0.05, 0) is 36.2 Å². The van der Waals surface area contributed by atoms with Gasteiger partial charge in [-0.2, -0.15) is 0 Å². The lowest BCUT2D eigenvalue weighted by molar-refractivity contribution is 0.0948. The van der Waals surface area contributed by atoms with E-state index in [2.05, 4.69) is 27.5 Å². The molecule has 0 aliphatic heterocycles. The SMILES string of the molecule is CCCCNC(=O)c1cc(C(=O)NCc2ccncc2)ccn1. The third-order valence-corrected chi connectivity index (χ3v) is 3.27. The second kappa shape index (κ2) is 8.63. The van der Waals surface area contributed by atoms with Crippen molar-refractivity contribution >= 4 is 11.8 Å². The van der Waals surface area contributed by atoms with Crippen LogP contribution in [0.2, 0.25) is 0 Å². The van der Waals surface area contributed by atoms with Crippen LogP contribution in [0.4, 0.5) is 0 Å². The summed E-state index contributed by atoms with van der Waals surface area (Å²) in [7, 11) is 0. The van der Waals surface area contributed by atoms with Gasteiger partial charge in [0.2, 0.25) is 0 Å². The van der Waals surface area contributed by atoms with Crippen molar-refractivity contribution in [3.8, 4) is 0 Å². The predicted molar refractivity (Wildman–Crippen MR) is 86.9 cm³/mol. The van der Waals surface area contributed by atoms with Gasteiger partial charge in [-0.1, -0.05) is 13.3 Å². The van der Waals surface area contributed by atoms with Gasteiger partial charge in [-0.3, -0.25) is 19.6 Å². The molecule has 2 amide bonds. The normalized spacial score (nSPS) is 10.1. The molecule has 6 heteroatoms. The Kier molecular flexibility index (Phi) is 6.23. The summed E-state index contributed by atoms with van der Waals surface area (Å²) >= 11 is 0. The first-order chi connectivity index (χ1) is 11.2. The Labute approximate surface area is 135 Å². The molecule has 0 saturated heterocycles. The summed E-state index contributed by atoms with van der Waals surface area (Å²) in [5, 5.41) is 5.59. The second-order valence-corrected chi connectivity index (χ2v) is 5.08. The zero-order valence-electron chi connectivity index (χ0n) is 13.1. The molecule has 0 saturated carbocycles. The van der Waals surface area contributed by atoms with Gasteiger partial charge in [0.15, 0.2) is 0 Å². The minimum atomic E-state index is -0.262. The second-order valence-electron chi connectivity index (χ2n) is 5.08. The fraction of sp³-hybridized carbons (Fsp3) is 0.294. The number of hydrogen-bond donors (Lipinski definition) is 2. The number of nitrogens with zero attached hydrogens (tertiary/aromatic N) is 2. The van der Waals surface area contributed by atoms with Crippen LogP contribution in [-0.2, 0) is 6.54 Å². The van der Waals surface area contributed by atoms with E-state index in [-0.39, 0.29) is 17.5 Å². The summed E-state index contributed by atoms with van der Waals surface area (Å²) < 4.78 is 0. The molecule has 2 aromatic rings. The summed E-state index contributed by atoms with van der Waals surface area (Å²) in [6, 6.07) is 6.76. The minimum absolute atomic E-state index is 0.244. The molecular formula is C17H20N4O2. The van der Waals surface area contributed by atoms with E-state index in [1.54, 1.807) is 18.5 Å². The first kappa shape index (κ1) is 16.6. The first-order valence-electron chi connectivity index (χ1n) is 7.62. The van der Waals surface area contributed by atoms with Crippen molar-refractivity contribution in [3.05, 3.63) is 59.7 Å². The van der Waals surface area contributed by atoms with Gasteiger partial charge in [0.05, 0.1) is 0 Å². The van der Waals surface area contributed by atoms with Crippen LogP contribution in [0.5, 0.6) is 0 Å². The van der Waals surface area contributed by atoms with Crippen LogP contribution in [0.15, 0.2) is 42.9 Å².